The molecule has 1 amide bonds. The lowest BCUT2D eigenvalue weighted by Gasteiger charge is -2.28. The summed E-state index contributed by atoms with van der Waals surface area (Å²) >= 11 is 1.60. The van der Waals surface area contributed by atoms with E-state index in [1.54, 1.807) is 11.3 Å². The van der Waals surface area contributed by atoms with Gasteiger partial charge >= 0.3 is 0 Å². The number of nitrogens with zero attached hydrogens (tertiary/aromatic N) is 4. The first-order valence-corrected chi connectivity index (χ1v) is 10.7. The standard InChI is InChI=1S/C23H22N4OS/c1-15(2)20-13-19(22(28)26-12-11-16-7-3-4-8-17(16)14-26)25-27(20)23-24-18-9-5-6-10-21(18)29-23/h3-10,13,15H,11-12,14H2,1-2H3. The monoisotopic (exact) mass is 402 g/mol. The first kappa shape index (κ1) is 18.1. The van der Waals surface area contributed by atoms with Crippen LogP contribution in [0.4, 0.5) is 0 Å². The number of para-hydroxylation sites is 1. The van der Waals surface area contributed by atoms with Crippen LogP contribution in [-0.4, -0.2) is 32.1 Å². The third-order valence-corrected chi connectivity index (χ3v) is 6.44. The predicted octanol–water partition coefficient (Wildman–Crippen LogP) is 4.80. The summed E-state index contributed by atoms with van der Waals surface area (Å²) in [4.78, 5) is 19.9. The van der Waals surface area contributed by atoms with Crippen LogP contribution in [0.5, 0.6) is 0 Å². The Balaban J connectivity index is 1.50. The smallest absolute Gasteiger partial charge is 0.274 e. The lowest BCUT2D eigenvalue weighted by molar-refractivity contribution is 0.0728. The molecule has 2 aromatic heterocycles. The van der Waals surface area contributed by atoms with Crippen LogP contribution in [-0.2, 0) is 13.0 Å². The van der Waals surface area contributed by atoms with Gasteiger partial charge in [0.2, 0.25) is 5.13 Å². The number of rotatable bonds is 3. The summed E-state index contributed by atoms with van der Waals surface area (Å²) in [6.45, 7) is 5.60. The third-order valence-electron chi connectivity index (χ3n) is 5.43. The van der Waals surface area contributed by atoms with E-state index in [-0.39, 0.29) is 11.8 Å². The summed E-state index contributed by atoms with van der Waals surface area (Å²) in [7, 11) is 0. The van der Waals surface area contributed by atoms with E-state index in [0.717, 1.165) is 34.0 Å². The molecule has 0 aliphatic carbocycles. The molecule has 3 heterocycles. The van der Waals surface area contributed by atoms with E-state index < -0.39 is 0 Å². The highest BCUT2D eigenvalue weighted by atomic mass is 32.1. The predicted molar refractivity (Wildman–Crippen MR) is 116 cm³/mol. The van der Waals surface area contributed by atoms with Gasteiger partial charge in [0.25, 0.3) is 5.91 Å². The highest BCUT2D eigenvalue weighted by Gasteiger charge is 2.26. The molecule has 0 N–H and O–H groups in total. The molecule has 146 valence electrons. The Morgan fingerprint density at radius 1 is 1.07 bits per heavy atom. The van der Waals surface area contributed by atoms with Crippen LogP contribution in [0.1, 0.15) is 47.1 Å². The fourth-order valence-electron chi connectivity index (χ4n) is 3.85. The van der Waals surface area contributed by atoms with Crippen LogP contribution < -0.4 is 0 Å². The second-order valence-corrected chi connectivity index (χ2v) is 8.74. The molecule has 0 spiro atoms. The summed E-state index contributed by atoms with van der Waals surface area (Å²) in [6.07, 6.45) is 0.886. The number of aromatic nitrogens is 3. The van der Waals surface area contributed by atoms with Gasteiger partial charge in [-0.2, -0.15) is 5.10 Å². The van der Waals surface area contributed by atoms with Gasteiger partial charge in [0.15, 0.2) is 5.69 Å². The van der Waals surface area contributed by atoms with Crippen LogP contribution in [0.25, 0.3) is 15.3 Å². The molecule has 0 unspecified atom stereocenters. The van der Waals surface area contributed by atoms with E-state index >= 15 is 0 Å². The zero-order valence-electron chi connectivity index (χ0n) is 16.5. The fourth-order valence-corrected chi connectivity index (χ4v) is 4.78. The SMILES string of the molecule is CC(C)c1cc(C(=O)N2CCc3ccccc3C2)nn1-c1nc2ccccc2s1. The number of hydrogen-bond acceptors (Lipinski definition) is 4. The lowest BCUT2D eigenvalue weighted by Crippen LogP contribution is -2.36. The van der Waals surface area contributed by atoms with Gasteiger partial charge in [0, 0.05) is 13.1 Å². The minimum atomic E-state index is -0.0127. The second-order valence-electron chi connectivity index (χ2n) is 7.73. The van der Waals surface area contributed by atoms with Gasteiger partial charge < -0.3 is 4.90 Å². The van der Waals surface area contributed by atoms with E-state index in [1.165, 1.54) is 11.1 Å². The highest BCUT2D eigenvalue weighted by Crippen LogP contribution is 2.28. The van der Waals surface area contributed by atoms with Crippen LogP contribution in [0.3, 0.4) is 0 Å². The molecule has 0 fully saturated rings. The van der Waals surface area contributed by atoms with Crippen LogP contribution in [0, 0.1) is 0 Å². The van der Waals surface area contributed by atoms with Gasteiger partial charge in [-0.05, 0) is 41.7 Å². The summed E-state index contributed by atoms with van der Waals surface area (Å²) in [5.41, 5.74) is 5.01. The Morgan fingerprint density at radius 2 is 1.83 bits per heavy atom. The number of thiazole rings is 1. The molecule has 2 aromatic carbocycles. The quantitative estimate of drug-likeness (QED) is 0.494. The average Bonchev–Trinajstić information content (AvgIpc) is 3.37. The highest BCUT2D eigenvalue weighted by molar-refractivity contribution is 7.20. The minimum Gasteiger partial charge on any atom is -0.333 e. The van der Waals surface area contributed by atoms with Gasteiger partial charge in [-0.1, -0.05) is 61.6 Å². The van der Waals surface area contributed by atoms with E-state index in [0.29, 0.717) is 12.2 Å². The first-order valence-electron chi connectivity index (χ1n) is 9.92. The van der Waals surface area contributed by atoms with Crippen molar-refractivity contribution in [2.24, 2.45) is 0 Å². The van der Waals surface area contributed by atoms with Crippen molar-refractivity contribution in [3.05, 3.63) is 77.1 Å². The Hall–Kier alpha value is -2.99. The third kappa shape index (κ3) is 3.23. The number of hydrogen-bond donors (Lipinski definition) is 0. The number of carbonyl (C=O) groups is 1. The maximum atomic E-state index is 13.2. The van der Waals surface area contributed by atoms with Crippen LogP contribution in [0.2, 0.25) is 0 Å². The van der Waals surface area contributed by atoms with Crippen molar-refractivity contribution in [1.82, 2.24) is 19.7 Å². The molecule has 6 heteroatoms. The zero-order chi connectivity index (χ0) is 20.0. The average molecular weight is 403 g/mol. The maximum absolute atomic E-state index is 13.2. The first-order chi connectivity index (χ1) is 14.1. The number of amides is 1. The van der Waals surface area contributed by atoms with Crippen molar-refractivity contribution in [2.45, 2.75) is 32.7 Å². The molecule has 5 nitrogen and oxygen atoms in total. The molecule has 29 heavy (non-hydrogen) atoms. The van der Waals surface area contributed by atoms with Crippen molar-refractivity contribution in [3.63, 3.8) is 0 Å². The van der Waals surface area contributed by atoms with Crippen LogP contribution >= 0.6 is 11.3 Å². The molecule has 1 aliphatic rings. The van der Waals surface area contributed by atoms with Crippen molar-refractivity contribution in [3.8, 4) is 5.13 Å². The molecule has 1 aliphatic heterocycles. The van der Waals surface area contributed by atoms with Crippen LogP contribution in [0.15, 0.2) is 54.6 Å². The van der Waals surface area contributed by atoms with E-state index in [9.17, 15) is 4.79 Å². The number of fused-ring (bicyclic) bond motifs is 2. The number of benzene rings is 2. The topological polar surface area (TPSA) is 51.0 Å². The fraction of sp³-hybridized carbons (Fsp3) is 0.261. The lowest BCUT2D eigenvalue weighted by atomic mass is 10.00. The summed E-state index contributed by atoms with van der Waals surface area (Å²) in [6, 6.07) is 18.3. The largest absolute Gasteiger partial charge is 0.333 e. The van der Waals surface area contributed by atoms with Gasteiger partial charge in [0.1, 0.15) is 0 Å². The van der Waals surface area contributed by atoms with Crippen molar-refractivity contribution >= 4 is 27.5 Å². The summed E-state index contributed by atoms with van der Waals surface area (Å²) in [5.74, 6) is 0.222. The summed E-state index contributed by atoms with van der Waals surface area (Å²) in [5, 5.41) is 5.51. The molecule has 0 saturated heterocycles. The molecule has 0 atom stereocenters. The molecular weight excluding hydrogens is 380 g/mol. The molecule has 4 aromatic rings. The van der Waals surface area contributed by atoms with Gasteiger partial charge in [-0.25, -0.2) is 9.67 Å². The molecule has 0 saturated carbocycles. The molecular formula is C23H22N4OS. The minimum absolute atomic E-state index is 0.0127. The Bertz CT molecular complexity index is 1170. The van der Waals surface area contributed by atoms with Crippen molar-refractivity contribution in [2.75, 3.05) is 6.54 Å². The maximum Gasteiger partial charge on any atom is 0.274 e. The molecule has 5 rings (SSSR count). The Labute approximate surface area is 173 Å². The van der Waals surface area contributed by atoms with Crippen molar-refractivity contribution in [1.29, 1.82) is 0 Å². The van der Waals surface area contributed by atoms with E-state index in [1.807, 2.05) is 39.9 Å². The molecule has 0 radical (unpaired) electrons. The number of carbonyl (C=O) groups excluding carboxylic acids is 1. The van der Waals surface area contributed by atoms with E-state index in [2.05, 4.69) is 38.1 Å². The normalized spacial score (nSPS) is 13.8. The van der Waals surface area contributed by atoms with E-state index in [4.69, 9.17) is 10.1 Å². The van der Waals surface area contributed by atoms with Gasteiger partial charge in [-0.3, -0.25) is 4.79 Å². The zero-order valence-corrected chi connectivity index (χ0v) is 17.3. The molecule has 0 bridgehead atoms. The van der Waals surface area contributed by atoms with Gasteiger partial charge in [0.05, 0.1) is 15.9 Å². The van der Waals surface area contributed by atoms with Crippen molar-refractivity contribution < 1.29 is 4.79 Å². The Morgan fingerprint density at radius 3 is 2.62 bits per heavy atom. The summed E-state index contributed by atoms with van der Waals surface area (Å²) < 4.78 is 2.97. The van der Waals surface area contributed by atoms with Gasteiger partial charge in [-0.15, -0.1) is 0 Å². The second kappa shape index (κ2) is 7.12. The Kier molecular flexibility index (Phi) is 4.43.